The molecule has 0 spiro atoms. The molecule has 0 bridgehead atoms. The Kier molecular flexibility index (Phi) is 6.53. The van der Waals surface area contributed by atoms with Gasteiger partial charge in [0.25, 0.3) is 0 Å². The van der Waals surface area contributed by atoms with Crippen LogP contribution in [0.4, 0.5) is 8.78 Å². The zero-order valence-electron chi connectivity index (χ0n) is 15.6. The highest BCUT2D eigenvalue weighted by molar-refractivity contribution is 5.76. The topological polar surface area (TPSA) is 55.1 Å². The molecule has 6 heteroatoms. The van der Waals surface area contributed by atoms with E-state index in [9.17, 15) is 13.6 Å². The van der Waals surface area contributed by atoms with Gasteiger partial charge < -0.3 is 9.73 Å². The summed E-state index contributed by atoms with van der Waals surface area (Å²) in [6.45, 7) is 2.07. The van der Waals surface area contributed by atoms with E-state index in [0.717, 1.165) is 30.5 Å². The summed E-state index contributed by atoms with van der Waals surface area (Å²) in [6, 6.07) is 13.1. The molecular weight excluding hydrogens is 362 g/mol. The number of hydrogen-bond donors (Lipinski definition) is 1. The summed E-state index contributed by atoms with van der Waals surface area (Å²) in [5.74, 6) is -0.930. The molecule has 0 fully saturated rings. The van der Waals surface area contributed by atoms with Gasteiger partial charge in [-0.3, -0.25) is 4.79 Å². The lowest BCUT2D eigenvalue weighted by Gasteiger charge is -2.18. The number of hydrogen-bond acceptors (Lipinski definition) is 3. The van der Waals surface area contributed by atoms with Crippen molar-refractivity contribution in [1.29, 1.82) is 0 Å². The highest BCUT2D eigenvalue weighted by atomic mass is 19.1. The van der Waals surface area contributed by atoms with Crippen LogP contribution >= 0.6 is 0 Å². The van der Waals surface area contributed by atoms with Crippen molar-refractivity contribution in [3.05, 3.63) is 77.8 Å². The maximum atomic E-state index is 13.8. The Morgan fingerprint density at radius 2 is 1.96 bits per heavy atom. The minimum absolute atomic E-state index is 0.0351. The number of halogens is 2. The molecule has 4 nitrogen and oxygen atoms in total. The fourth-order valence-corrected chi connectivity index (χ4v) is 3.02. The molecule has 1 N–H and O–H groups in total. The van der Waals surface area contributed by atoms with Crippen molar-refractivity contribution in [1.82, 2.24) is 10.3 Å². The lowest BCUT2D eigenvalue weighted by atomic mass is 10.0. The average Bonchev–Trinajstić information content (AvgIpc) is 3.15. The van der Waals surface area contributed by atoms with Crippen LogP contribution in [0.5, 0.6) is 0 Å². The number of aromatic nitrogens is 1. The molecule has 0 radical (unpaired) electrons. The van der Waals surface area contributed by atoms with Gasteiger partial charge in [0.15, 0.2) is 11.7 Å². The van der Waals surface area contributed by atoms with Crippen molar-refractivity contribution in [3.63, 3.8) is 0 Å². The minimum atomic E-state index is -0.717. The van der Waals surface area contributed by atoms with Crippen LogP contribution in [0.2, 0.25) is 0 Å². The summed E-state index contributed by atoms with van der Waals surface area (Å²) in [7, 11) is 0. The second kappa shape index (κ2) is 9.26. The number of amides is 1. The normalized spacial score (nSPS) is 12.0. The van der Waals surface area contributed by atoms with E-state index in [1.54, 1.807) is 0 Å². The van der Waals surface area contributed by atoms with Crippen LogP contribution in [-0.4, -0.2) is 10.9 Å². The number of oxazole rings is 1. The van der Waals surface area contributed by atoms with Crippen LogP contribution in [0.3, 0.4) is 0 Å². The molecule has 3 rings (SSSR count). The zero-order chi connectivity index (χ0) is 19.9. The number of rotatable bonds is 8. The molecule has 3 aromatic rings. The standard InChI is InChI=1S/C22H22F2N2O2/c1-2-6-19(15-7-4-3-5-8-15)26-21(27)11-12-22-25-14-20(28-22)17-10-9-16(23)13-18(17)24/h3-5,7-10,13-14,19H,2,6,11-12H2,1H3,(H,26,27). The third kappa shape index (κ3) is 5.03. The number of carbonyl (C=O) groups excluding carboxylic acids is 1. The number of benzene rings is 2. The van der Waals surface area contributed by atoms with Crippen LogP contribution in [-0.2, 0) is 11.2 Å². The van der Waals surface area contributed by atoms with Gasteiger partial charge in [-0.05, 0) is 24.1 Å². The van der Waals surface area contributed by atoms with E-state index in [1.165, 1.54) is 12.3 Å². The summed E-state index contributed by atoms with van der Waals surface area (Å²) in [5, 5.41) is 3.05. The highest BCUT2D eigenvalue weighted by Gasteiger charge is 2.16. The molecule has 28 heavy (non-hydrogen) atoms. The summed E-state index contributed by atoms with van der Waals surface area (Å²) in [4.78, 5) is 16.5. The first-order chi connectivity index (χ1) is 13.6. The van der Waals surface area contributed by atoms with Crippen LogP contribution in [0, 0.1) is 11.6 Å². The largest absolute Gasteiger partial charge is 0.441 e. The molecule has 1 amide bonds. The molecule has 1 aromatic heterocycles. The van der Waals surface area contributed by atoms with Gasteiger partial charge in [-0.2, -0.15) is 0 Å². The van der Waals surface area contributed by atoms with E-state index < -0.39 is 11.6 Å². The molecule has 1 heterocycles. The lowest BCUT2D eigenvalue weighted by molar-refractivity contribution is -0.121. The molecule has 0 saturated carbocycles. The van der Waals surface area contributed by atoms with Gasteiger partial charge in [-0.1, -0.05) is 43.7 Å². The molecule has 1 unspecified atom stereocenters. The smallest absolute Gasteiger partial charge is 0.220 e. The number of carbonyl (C=O) groups is 1. The van der Waals surface area contributed by atoms with Crippen molar-refractivity contribution < 1.29 is 18.0 Å². The third-order valence-corrected chi connectivity index (χ3v) is 4.43. The van der Waals surface area contributed by atoms with Crippen LogP contribution in [0.15, 0.2) is 59.1 Å². The van der Waals surface area contributed by atoms with Crippen LogP contribution in [0.25, 0.3) is 11.3 Å². The lowest BCUT2D eigenvalue weighted by Crippen LogP contribution is -2.28. The van der Waals surface area contributed by atoms with Gasteiger partial charge in [-0.25, -0.2) is 13.8 Å². The first kappa shape index (κ1) is 19.7. The molecular formula is C22H22F2N2O2. The van der Waals surface area contributed by atoms with E-state index in [-0.39, 0.29) is 29.7 Å². The van der Waals surface area contributed by atoms with Gasteiger partial charge in [0.2, 0.25) is 5.91 Å². The molecule has 146 valence electrons. The van der Waals surface area contributed by atoms with Gasteiger partial charge in [0.1, 0.15) is 11.6 Å². The maximum Gasteiger partial charge on any atom is 0.220 e. The van der Waals surface area contributed by atoms with Crippen molar-refractivity contribution in [2.45, 2.75) is 38.6 Å². The van der Waals surface area contributed by atoms with E-state index in [1.807, 2.05) is 30.3 Å². The van der Waals surface area contributed by atoms with Crippen molar-refractivity contribution in [3.8, 4) is 11.3 Å². The van der Waals surface area contributed by atoms with Crippen LogP contribution < -0.4 is 5.32 Å². The predicted octanol–water partition coefficient (Wildman–Crippen LogP) is 5.21. The van der Waals surface area contributed by atoms with Crippen molar-refractivity contribution in [2.75, 3.05) is 0 Å². The van der Waals surface area contributed by atoms with E-state index in [0.29, 0.717) is 12.3 Å². The number of nitrogens with zero attached hydrogens (tertiary/aromatic N) is 1. The summed E-state index contributed by atoms with van der Waals surface area (Å²) < 4.78 is 32.4. The molecule has 0 saturated heterocycles. The second-order valence-corrected chi connectivity index (χ2v) is 6.56. The van der Waals surface area contributed by atoms with Gasteiger partial charge >= 0.3 is 0 Å². The Morgan fingerprint density at radius 3 is 2.68 bits per heavy atom. The fourth-order valence-electron chi connectivity index (χ4n) is 3.02. The average molecular weight is 384 g/mol. The van der Waals surface area contributed by atoms with Crippen molar-refractivity contribution >= 4 is 5.91 Å². The van der Waals surface area contributed by atoms with Gasteiger partial charge in [0.05, 0.1) is 17.8 Å². The van der Waals surface area contributed by atoms with E-state index in [4.69, 9.17) is 4.42 Å². The highest BCUT2D eigenvalue weighted by Crippen LogP contribution is 2.25. The Hall–Kier alpha value is -3.02. The molecule has 0 aliphatic heterocycles. The first-order valence-corrected chi connectivity index (χ1v) is 9.31. The quantitative estimate of drug-likeness (QED) is 0.580. The van der Waals surface area contributed by atoms with Crippen LogP contribution in [0.1, 0.15) is 43.7 Å². The SMILES string of the molecule is CCCC(NC(=O)CCc1ncc(-c2ccc(F)cc2F)o1)c1ccccc1. The predicted molar refractivity (Wildman–Crippen MR) is 102 cm³/mol. The Balaban J connectivity index is 1.59. The van der Waals surface area contributed by atoms with E-state index >= 15 is 0 Å². The van der Waals surface area contributed by atoms with Gasteiger partial charge in [-0.15, -0.1) is 0 Å². The van der Waals surface area contributed by atoms with Gasteiger partial charge in [0, 0.05) is 18.9 Å². The molecule has 0 aliphatic carbocycles. The Bertz CT molecular complexity index is 925. The fraction of sp³-hybridized carbons (Fsp3) is 0.273. The minimum Gasteiger partial charge on any atom is -0.441 e. The number of nitrogens with one attached hydrogen (secondary N) is 1. The molecule has 2 aromatic carbocycles. The summed E-state index contributed by atoms with van der Waals surface area (Å²) in [5.41, 5.74) is 1.21. The number of aryl methyl sites for hydroxylation is 1. The molecule has 0 aliphatic rings. The third-order valence-electron chi connectivity index (χ3n) is 4.43. The second-order valence-electron chi connectivity index (χ2n) is 6.56. The van der Waals surface area contributed by atoms with E-state index in [2.05, 4.69) is 17.2 Å². The summed E-state index contributed by atoms with van der Waals surface area (Å²) in [6.07, 6.45) is 3.68. The Labute approximate surface area is 162 Å². The zero-order valence-corrected chi connectivity index (χ0v) is 15.6. The van der Waals surface area contributed by atoms with Crippen molar-refractivity contribution in [2.24, 2.45) is 0 Å². The maximum absolute atomic E-state index is 13.8. The first-order valence-electron chi connectivity index (χ1n) is 9.31. The summed E-state index contributed by atoms with van der Waals surface area (Å²) >= 11 is 0. The molecule has 1 atom stereocenters. The monoisotopic (exact) mass is 384 g/mol. The Morgan fingerprint density at radius 1 is 1.18 bits per heavy atom.